The molecule has 0 aliphatic carbocycles. The standard InChI is InChI=1S/C11H10F3N3O/c1-2-7-3-8(10-15-6-16-17-10)5-9(4-7)18-11(12,13)14/h3-6H,2H2,1H3,(H,15,16,17). The fraction of sp³-hybridized carbons (Fsp3) is 0.273. The van der Waals surface area contributed by atoms with E-state index in [1.807, 2.05) is 6.92 Å². The lowest BCUT2D eigenvalue weighted by Crippen LogP contribution is -2.17. The van der Waals surface area contributed by atoms with Crippen LogP contribution in [0.25, 0.3) is 11.4 Å². The maximum Gasteiger partial charge on any atom is 0.573 e. The number of benzene rings is 1. The van der Waals surface area contributed by atoms with Crippen molar-refractivity contribution in [3.63, 3.8) is 0 Å². The van der Waals surface area contributed by atoms with Crippen molar-refractivity contribution >= 4 is 0 Å². The summed E-state index contributed by atoms with van der Waals surface area (Å²) in [5.41, 5.74) is 1.23. The topological polar surface area (TPSA) is 50.8 Å². The molecule has 0 saturated heterocycles. The maximum atomic E-state index is 12.2. The van der Waals surface area contributed by atoms with E-state index in [-0.39, 0.29) is 5.75 Å². The zero-order valence-corrected chi connectivity index (χ0v) is 9.45. The lowest BCUT2D eigenvalue weighted by atomic mass is 10.1. The van der Waals surface area contributed by atoms with Crippen LogP contribution >= 0.6 is 0 Å². The van der Waals surface area contributed by atoms with E-state index >= 15 is 0 Å². The molecule has 0 atom stereocenters. The van der Waals surface area contributed by atoms with E-state index in [1.165, 1.54) is 18.5 Å². The predicted octanol–water partition coefficient (Wildman–Crippen LogP) is 2.93. The summed E-state index contributed by atoms with van der Waals surface area (Å²) in [6.07, 6.45) is -2.82. The number of nitrogens with zero attached hydrogens (tertiary/aromatic N) is 2. The Morgan fingerprint density at radius 2 is 2.06 bits per heavy atom. The molecule has 0 radical (unpaired) electrons. The van der Waals surface area contributed by atoms with Gasteiger partial charge in [-0.05, 0) is 30.2 Å². The van der Waals surface area contributed by atoms with Gasteiger partial charge < -0.3 is 4.74 Å². The van der Waals surface area contributed by atoms with Gasteiger partial charge in [0, 0.05) is 5.56 Å². The molecule has 1 heterocycles. The van der Waals surface area contributed by atoms with Crippen LogP contribution in [0.5, 0.6) is 5.75 Å². The van der Waals surface area contributed by atoms with E-state index in [1.54, 1.807) is 6.07 Å². The first-order valence-corrected chi connectivity index (χ1v) is 5.23. The third-order valence-electron chi connectivity index (χ3n) is 2.30. The third kappa shape index (κ3) is 2.99. The van der Waals surface area contributed by atoms with Gasteiger partial charge in [0.2, 0.25) is 0 Å². The number of aryl methyl sites for hydroxylation is 1. The van der Waals surface area contributed by atoms with Crippen LogP contribution in [0.4, 0.5) is 13.2 Å². The van der Waals surface area contributed by atoms with E-state index in [2.05, 4.69) is 19.9 Å². The Kier molecular flexibility index (Phi) is 3.22. The fourth-order valence-electron chi connectivity index (χ4n) is 1.54. The van der Waals surface area contributed by atoms with Crippen LogP contribution in [-0.2, 0) is 6.42 Å². The van der Waals surface area contributed by atoms with Gasteiger partial charge in [0.15, 0.2) is 5.82 Å². The van der Waals surface area contributed by atoms with Gasteiger partial charge in [-0.2, -0.15) is 5.10 Å². The molecule has 2 aromatic rings. The molecule has 18 heavy (non-hydrogen) atoms. The number of H-pyrrole nitrogens is 1. The number of halogens is 3. The number of hydrogen-bond acceptors (Lipinski definition) is 3. The Labute approximate surface area is 101 Å². The Balaban J connectivity index is 2.39. The molecule has 4 nitrogen and oxygen atoms in total. The van der Waals surface area contributed by atoms with Gasteiger partial charge in [0.05, 0.1) is 0 Å². The second-order valence-corrected chi connectivity index (χ2v) is 3.60. The summed E-state index contributed by atoms with van der Waals surface area (Å²) in [4.78, 5) is 3.90. The molecule has 1 aromatic heterocycles. The Bertz CT molecular complexity index is 523. The number of alkyl halides is 3. The van der Waals surface area contributed by atoms with Crippen molar-refractivity contribution in [3.05, 3.63) is 30.1 Å². The highest BCUT2D eigenvalue weighted by Crippen LogP contribution is 2.28. The molecular weight excluding hydrogens is 247 g/mol. The number of rotatable bonds is 3. The first kappa shape index (κ1) is 12.4. The quantitative estimate of drug-likeness (QED) is 0.919. The van der Waals surface area contributed by atoms with Gasteiger partial charge in [-0.25, -0.2) is 4.98 Å². The van der Waals surface area contributed by atoms with Crippen molar-refractivity contribution in [3.8, 4) is 17.1 Å². The van der Waals surface area contributed by atoms with Crippen molar-refractivity contribution in [1.82, 2.24) is 15.2 Å². The first-order chi connectivity index (χ1) is 8.48. The average molecular weight is 257 g/mol. The maximum absolute atomic E-state index is 12.2. The zero-order chi connectivity index (χ0) is 13.2. The summed E-state index contributed by atoms with van der Waals surface area (Å²) in [5.74, 6) is 0.144. The van der Waals surface area contributed by atoms with Crippen molar-refractivity contribution in [2.75, 3.05) is 0 Å². The van der Waals surface area contributed by atoms with Crippen LogP contribution in [0, 0.1) is 0 Å². The highest BCUT2D eigenvalue weighted by atomic mass is 19.4. The van der Waals surface area contributed by atoms with Crippen LogP contribution in [0.2, 0.25) is 0 Å². The van der Waals surface area contributed by atoms with Crippen molar-refractivity contribution < 1.29 is 17.9 Å². The van der Waals surface area contributed by atoms with Gasteiger partial charge in [-0.15, -0.1) is 13.2 Å². The van der Waals surface area contributed by atoms with Crippen LogP contribution in [0.3, 0.4) is 0 Å². The molecule has 1 N–H and O–H groups in total. The molecule has 0 unspecified atom stereocenters. The summed E-state index contributed by atoms with van der Waals surface area (Å²) in [7, 11) is 0. The molecule has 1 aromatic carbocycles. The first-order valence-electron chi connectivity index (χ1n) is 5.23. The van der Waals surface area contributed by atoms with E-state index in [0.717, 1.165) is 5.56 Å². The molecule has 0 aliphatic rings. The van der Waals surface area contributed by atoms with Crippen LogP contribution < -0.4 is 4.74 Å². The van der Waals surface area contributed by atoms with E-state index in [4.69, 9.17) is 0 Å². The Morgan fingerprint density at radius 3 is 2.61 bits per heavy atom. The number of aromatic amines is 1. The normalized spacial score (nSPS) is 11.6. The molecule has 96 valence electrons. The second kappa shape index (κ2) is 4.67. The molecule has 0 spiro atoms. The van der Waals surface area contributed by atoms with Crippen molar-refractivity contribution in [1.29, 1.82) is 0 Å². The van der Waals surface area contributed by atoms with Crippen molar-refractivity contribution in [2.45, 2.75) is 19.7 Å². The molecule has 0 saturated carbocycles. The van der Waals surface area contributed by atoms with Crippen LogP contribution in [0.15, 0.2) is 24.5 Å². The molecule has 7 heteroatoms. The second-order valence-electron chi connectivity index (χ2n) is 3.60. The molecule has 0 fully saturated rings. The molecule has 0 aliphatic heterocycles. The number of nitrogens with one attached hydrogen (secondary N) is 1. The Hall–Kier alpha value is -2.05. The van der Waals surface area contributed by atoms with Gasteiger partial charge in [-0.1, -0.05) is 6.92 Å². The number of aromatic nitrogens is 3. The monoisotopic (exact) mass is 257 g/mol. The zero-order valence-electron chi connectivity index (χ0n) is 9.45. The van der Waals surface area contributed by atoms with E-state index < -0.39 is 6.36 Å². The molecule has 2 rings (SSSR count). The van der Waals surface area contributed by atoms with Gasteiger partial charge in [0.1, 0.15) is 12.1 Å². The summed E-state index contributed by atoms with van der Waals surface area (Å²) in [5, 5.41) is 6.26. The van der Waals surface area contributed by atoms with E-state index in [0.29, 0.717) is 17.8 Å². The van der Waals surface area contributed by atoms with Crippen LogP contribution in [0.1, 0.15) is 12.5 Å². The lowest BCUT2D eigenvalue weighted by Gasteiger charge is -2.11. The fourth-order valence-corrected chi connectivity index (χ4v) is 1.54. The molecule has 0 bridgehead atoms. The number of hydrogen-bond donors (Lipinski definition) is 1. The van der Waals surface area contributed by atoms with Gasteiger partial charge in [-0.3, -0.25) is 5.10 Å². The largest absolute Gasteiger partial charge is 0.573 e. The summed E-state index contributed by atoms with van der Waals surface area (Å²) >= 11 is 0. The third-order valence-corrected chi connectivity index (χ3v) is 2.30. The minimum atomic E-state index is -4.70. The summed E-state index contributed by atoms with van der Waals surface area (Å²) < 4.78 is 40.5. The highest BCUT2D eigenvalue weighted by Gasteiger charge is 2.31. The SMILES string of the molecule is CCc1cc(OC(F)(F)F)cc(-c2ncn[nH]2)c1. The minimum Gasteiger partial charge on any atom is -0.406 e. The predicted molar refractivity (Wildman–Crippen MR) is 57.9 cm³/mol. The van der Waals surface area contributed by atoms with Crippen molar-refractivity contribution in [2.24, 2.45) is 0 Å². The van der Waals surface area contributed by atoms with E-state index in [9.17, 15) is 13.2 Å². The van der Waals surface area contributed by atoms with Gasteiger partial charge in [0.25, 0.3) is 0 Å². The minimum absolute atomic E-state index is 0.256. The Morgan fingerprint density at radius 1 is 1.28 bits per heavy atom. The average Bonchev–Trinajstić information content (AvgIpc) is 2.79. The lowest BCUT2D eigenvalue weighted by molar-refractivity contribution is -0.274. The van der Waals surface area contributed by atoms with Gasteiger partial charge >= 0.3 is 6.36 Å². The highest BCUT2D eigenvalue weighted by molar-refractivity contribution is 5.58. The van der Waals surface area contributed by atoms with Crippen LogP contribution in [-0.4, -0.2) is 21.5 Å². The summed E-state index contributed by atoms with van der Waals surface area (Å²) in [6.45, 7) is 1.84. The smallest absolute Gasteiger partial charge is 0.406 e. The summed E-state index contributed by atoms with van der Waals surface area (Å²) in [6, 6.07) is 4.37. The number of ether oxygens (including phenoxy) is 1. The molecular formula is C11H10F3N3O. The molecule has 0 amide bonds.